The first-order chi connectivity index (χ1) is 17.6. The summed E-state index contributed by atoms with van der Waals surface area (Å²) in [5, 5.41) is 1.77. The van der Waals surface area contributed by atoms with Gasteiger partial charge in [0, 0.05) is 32.7 Å². The lowest BCUT2D eigenvalue weighted by Crippen LogP contribution is -2.38. The number of nitrogens with zero attached hydrogens (tertiary/aromatic N) is 2. The van der Waals surface area contributed by atoms with Crippen molar-refractivity contribution in [3.05, 3.63) is 131 Å². The Balaban J connectivity index is 1.53. The third kappa shape index (κ3) is 3.20. The van der Waals surface area contributed by atoms with Gasteiger partial charge < -0.3 is 4.98 Å². The normalized spacial score (nSPS) is 17.1. The Morgan fingerprint density at radius 3 is 2.69 bits per heavy atom. The van der Waals surface area contributed by atoms with Crippen molar-refractivity contribution in [3.63, 3.8) is 0 Å². The summed E-state index contributed by atoms with van der Waals surface area (Å²) in [5.41, 5.74) is 8.65. The van der Waals surface area contributed by atoms with Crippen LogP contribution >= 0.6 is 22.9 Å². The molecule has 0 amide bonds. The van der Waals surface area contributed by atoms with Crippen molar-refractivity contribution in [1.29, 1.82) is 0 Å². The number of H-pyrrole nitrogens is 1. The van der Waals surface area contributed by atoms with Gasteiger partial charge in [-0.15, -0.1) is 0 Å². The van der Waals surface area contributed by atoms with Crippen LogP contribution in [-0.2, 0) is 6.42 Å². The van der Waals surface area contributed by atoms with Crippen LogP contribution in [0.2, 0.25) is 5.02 Å². The SMILES string of the molecule is Cc1[nH]c2ccccc2c1/C=c1/sc2n(c1=O)C(c1ccccc1Cl)C1=C(N=2)c2ccccc2CC1. The fourth-order valence-electron chi connectivity index (χ4n) is 5.61. The molecule has 2 aromatic heterocycles. The predicted octanol–water partition coefficient (Wildman–Crippen LogP) is 5.76. The van der Waals surface area contributed by atoms with E-state index in [1.54, 1.807) is 0 Å². The van der Waals surface area contributed by atoms with Crippen LogP contribution in [-0.4, -0.2) is 9.55 Å². The van der Waals surface area contributed by atoms with E-state index >= 15 is 0 Å². The first kappa shape index (κ1) is 21.6. The van der Waals surface area contributed by atoms with Gasteiger partial charge in [0.25, 0.3) is 5.56 Å². The average Bonchev–Trinajstić information content (AvgIpc) is 3.39. The van der Waals surface area contributed by atoms with Gasteiger partial charge in [-0.05, 0) is 54.7 Å². The van der Waals surface area contributed by atoms with Gasteiger partial charge in [0.2, 0.25) is 0 Å². The number of para-hydroxylation sites is 1. The van der Waals surface area contributed by atoms with E-state index in [9.17, 15) is 4.79 Å². The molecule has 5 aromatic rings. The minimum atomic E-state index is -0.274. The third-order valence-electron chi connectivity index (χ3n) is 7.29. The molecule has 1 aliphatic heterocycles. The van der Waals surface area contributed by atoms with E-state index in [-0.39, 0.29) is 11.6 Å². The van der Waals surface area contributed by atoms with Gasteiger partial charge >= 0.3 is 0 Å². The van der Waals surface area contributed by atoms with Crippen LogP contribution in [0.4, 0.5) is 0 Å². The lowest BCUT2D eigenvalue weighted by Gasteiger charge is -2.31. The Hall–Kier alpha value is -3.67. The quantitative estimate of drug-likeness (QED) is 0.324. The molecule has 0 saturated carbocycles. The number of fused-ring (bicyclic) bond motifs is 4. The number of hydrogen-bond donors (Lipinski definition) is 1. The van der Waals surface area contributed by atoms with Crippen LogP contribution in [0.1, 0.15) is 40.4 Å². The van der Waals surface area contributed by atoms with Crippen LogP contribution < -0.4 is 14.9 Å². The molecule has 1 aliphatic carbocycles. The molecular weight excluding hydrogens is 486 g/mol. The number of hydrogen-bond acceptors (Lipinski definition) is 3. The zero-order chi connectivity index (χ0) is 24.4. The highest BCUT2D eigenvalue weighted by Crippen LogP contribution is 2.42. The fourth-order valence-corrected chi connectivity index (χ4v) is 6.83. The maximum absolute atomic E-state index is 14.0. The molecule has 0 fully saturated rings. The molecule has 0 saturated heterocycles. The number of benzene rings is 3. The van der Waals surface area contributed by atoms with Crippen molar-refractivity contribution in [1.82, 2.24) is 9.55 Å². The minimum Gasteiger partial charge on any atom is -0.358 e. The average molecular weight is 508 g/mol. The lowest BCUT2D eigenvalue weighted by atomic mass is 9.83. The van der Waals surface area contributed by atoms with Crippen molar-refractivity contribution in [2.24, 2.45) is 4.99 Å². The van der Waals surface area contributed by atoms with Crippen LogP contribution in [0.3, 0.4) is 0 Å². The van der Waals surface area contributed by atoms with E-state index < -0.39 is 0 Å². The van der Waals surface area contributed by atoms with Gasteiger partial charge in [-0.2, -0.15) is 0 Å². The molecule has 1 N–H and O–H groups in total. The highest BCUT2D eigenvalue weighted by molar-refractivity contribution is 7.07. The highest BCUT2D eigenvalue weighted by Gasteiger charge is 2.33. The van der Waals surface area contributed by atoms with E-state index in [1.807, 2.05) is 54.0 Å². The van der Waals surface area contributed by atoms with Crippen molar-refractivity contribution in [2.75, 3.05) is 0 Å². The third-order valence-corrected chi connectivity index (χ3v) is 8.62. The van der Waals surface area contributed by atoms with E-state index in [4.69, 9.17) is 16.6 Å². The zero-order valence-electron chi connectivity index (χ0n) is 19.6. The van der Waals surface area contributed by atoms with Gasteiger partial charge in [0.05, 0.1) is 16.3 Å². The standard InChI is InChI=1S/C30H22ClN3OS/c1-17-23(20-10-5-7-13-25(20)32-17)16-26-29(35)34-28(21-11-4-6-12-24(21)31)22-15-14-18-8-2-3-9-19(18)27(22)33-30(34)36-26/h2-13,16,28,32H,14-15H2,1H3/b26-16+. The summed E-state index contributed by atoms with van der Waals surface area (Å²) in [6.45, 7) is 2.05. The van der Waals surface area contributed by atoms with Crippen molar-refractivity contribution < 1.29 is 0 Å². The van der Waals surface area contributed by atoms with Gasteiger partial charge in [-0.25, -0.2) is 4.99 Å². The van der Waals surface area contributed by atoms with Gasteiger partial charge in [-0.3, -0.25) is 9.36 Å². The Labute approximate surface area is 216 Å². The molecule has 36 heavy (non-hydrogen) atoms. The summed E-state index contributed by atoms with van der Waals surface area (Å²) in [7, 11) is 0. The van der Waals surface area contributed by atoms with Gasteiger partial charge in [0.15, 0.2) is 4.80 Å². The maximum atomic E-state index is 14.0. The van der Waals surface area contributed by atoms with Crippen LogP contribution in [0, 0.1) is 6.92 Å². The van der Waals surface area contributed by atoms with Crippen LogP contribution in [0.25, 0.3) is 22.7 Å². The molecule has 1 unspecified atom stereocenters. The van der Waals surface area contributed by atoms with Gasteiger partial charge in [0.1, 0.15) is 0 Å². The molecule has 2 aliphatic rings. The summed E-state index contributed by atoms with van der Waals surface area (Å²) in [4.78, 5) is 23.3. The highest BCUT2D eigenvalue weighted by atomic mass is 35.5. The number of nitrogens with one attached hydrogen (secondary N) is 1. The molecule has 7 rings (SSSR count). The molecule has 0 spiro atoms. The van der Waals surface area contributed by atoms with Gasteiger partial charge in [-0.1, -0.05) is 83.6 Å². The number of aromatic nitrogens is 2. The maximum Gasteiger partial charge on any atom is 0.271 e. The van der Waals surface area contributed by atoms with E-state index in [0.29, 0.717) is 14.4 Å². The Morgan fingerprint density at radius 1 is 1.03 bits per heavy atom. The van der Waals surface area contributed by atoms with Crippen molar-refractivity contribution >= 4 is 45.6 Å². The second-order valence-electron chi connectivity index (χ2n) is 9.34. The molecule has 4 nitrogen and oxygen atoms in total. The summed E-state index contributed by atoms with van der Waals surface area (Å²) in [6.07, 6.45) is 3.78. The molecule has 176 valence electrons. The molecule has 3 heterocycles. The Bertz CT molecular complexity index is 1910. The van der Waals surface area contributed by atoms with Crippen molar-refractivity contribution in [2.45, 2.75) is 25.8 Å². The number of rotatable bonds is 2. The number of aryl methyl sites for hydroxylation is 2. The zero-order valence-corrected chi connectivity index (χ0v) is 21.2. The number of allylic oxidation sites excluding steroid dienone is 1. The summed E-state index contributed by atoms with van der Waals surface area (Å²) >= 11 is 8.19. The number of aromatic amines is 1. The van der Waals surface area contributed by atoms with Crippen LogP contribution in [0.5, 0.6) is 0 Å². The molecule has 0 bridgehead atoms. The molecule has 0 radical (unpaired) electrons. The first-order valence-corrected chi connectivity index (χ1v) is 13.2. The topological polar surface area (TPSA) is 50.1 Å². The number of thiazole rings is 1. The predicted molar refractivity (Wildman–Crippen MR) is 147 cm³/mol. The summed E-state index contributed by atoms with van der Waals surface area (Å²) < 4.78 is 2.53. The molecular formula is C30H22ClN3OS. The van der Waals surface area contributed by atoms with Crippen LogP contribution in [0.15, 0.2) is 88.2 Å². The van der Waals surface area contributed by atoms with E-state index in [2.05, 4.69) is 41.4 Å². The smallest absolute Gasteiger partial charge is 0.271 e. The second-order valence-corrected chi connectivity index (χ2v) is 10.8. The molecule has 1 atom stereocenters. The lowest BCUT2D eigenvalue weighted by molar-refractivity contribution is 0.585. The summed E-state index contributed by atoms with van der Waals surface area (Å²) in [5.74, 6) is 0. The molecule has 3 aromatic carbocycles. The van der Waals surface area contributed by atoms with Crippen molar-refractivity contribution in [3.8, 4) is 0 Å². The molecule has 6 heteroatoms. The Kier molecular flexibility index (Phi) is 4.91. The monoisotopic (exact) mass is 507 g/mol. The van der Waals surface area contributed by atoms with E-state index in [0.717, 1.165) is 57.4 Å². The first-order valence-electron chi connectivity index (χ1n) is 12.0. The fraction of sp³-hybridized carbons (Fsp3) is 0.133. The minimum absolute atomic E-state index is 0.0289. The van der Waals surface area contributed by atoms with E-state index in [1.165, 1.54) is 16.9 Å². The number of halogens is 1. The summed E-state index contributed by atoms with van der Waals surface area (Å²) in [6, 6.07) is 24.2. The second kappa shape index (κ2) is 8.19. The Morgan fingerprint density at radius 2 is 1.81 bits per heavy atom. The largest absolute Gasteiger partial charge is 0.358 e.